The molecular formula is C9H10FNO3. The first kappa shape index (κ1) is 10.5. The molecule has 0 saturated carbocycles. The molecule has 4 nitrogen and oxygen atoms in total. The van der Waals surface area contributed by atoms with E-state index in [0.29, 0.717) is 0 Å². The van der Waals surface area contributed by atoms with Gasteiger partial charge in [-0.15, -0.1) is 0 Å². The molecule has 5 heteroatoms. The van der Waals surface area contributed by atoms with Gasteiger partial charge in [0.2, 0.25) is 0 Å². The number of carbonyl (C=O) groups is 1. The zero-order valence-corrected chi connectivity index (χ0v) is 7.49. The van der Waals surface area contributed by atoms with Crippen LogP contribution in [0.5, 0.6) is 5.75 Å². The van der Waals surface area contributed by atoms with Gasteiger partial charge in [0.05, 0.1) is 0 Å². The molecule has 0 aliphatic heterocycles. The monoisotopic (exact) mass is 199 g/mol. The smallest absolute Gasteiger partial charge is 0.325 e. The molecule has 1 rings (SSSR count). The number of aryl methyl sites for hydroxylation is 1. The van der Waals surface area contributed by atoms with Crippen molar-refractivity contribution >= 4 is 5.97 Å². The molecule has 0 aliphatic rings. The molecule has 1 aromatic carbocycles. The molecule has 4 N–H and O–H groups in total. The molecule has 0 fully saturated rings. The van der Waals surface area contributed by atoms with Crippen molar-refractivity contribution in [2.45, 2.75) is 13.0 Å². The summed E-state index contributed by atoms with van der Waals surface area (Å²) in [4.78, 5) is 10.5. The number of halogens is 1. The minimum absolute atomic E-state index is 0.124. The third-order valence-corrected chi connectivity index (χ3v) is 1.94. The molecule has 0 saturated heterocycles. The molecule has 0 heterocycles. The van der Waals surface area contributed by atoms with Crippen molar-refractivity contribution in [3.8, 4) is 5.75 Å². The lowest BCUT2D eigenvalue weighted by Crippen LogP contribution is -2.21. The zero-order chi connectivity index (χ0) is 10.9. The van der Waals surface area contributed by atoms with Crippen molar-refractivity contribution < 1.29 is 19.4 Å². The fourth-order valence-electron chi connectivity index (χ4n) is 1.06. The summed E-state index contributed by atoms with van der Waals surface area (Å²) in [6.07, 6.45) is 0. The number of hydrogen-bond donors (Lipinski definition) is 3. The first-order valence-corrected chi connectivity index (χ1v) is 3.91. The molecule has 0 spiro atoms. The number of carboxylic acids is 1. The van der Waals surface area contributed by atoms with Gasteiger partial charge in [-0.05, 0) is 12.5 Å². The number of carboxylic acid groups (broad SMARTS) is 1. The van der Waals surface area contributed by atoms with Crippen molar-refractivity contribution in [3.63, 3.8) is 0 Å². The Labute approximate surface area is 79.8 Å². The van der Waals surface area contributed by atoms with E-state index in [1.165, 1.54) is 19.1 Å². The second-order valence-electron chi connectivity index (χ2n) is 2.95. The maximum Gasteiger partial charge on any atom is 0.325 e. The standard InChI is InChI=1S/C9H10FNO3/c1-4-2-3-5(7(11)9(13)14)8(12)6(4)10/h2-3,7,12H,11H2,1H3,(H,13,14). The van der Waals surface area contributed by atoms with E-state index >= 15 is 0 Å². The van der Waals surface area contributed by atoms with Crippen molar-refractivity contribution in [2.24, 2.45) is 5.73 Å². The highest BCUT2D eigenvalue weighted by atomic mass is 19.1. The summed E-state index contributed by atoms with van der Waals surface area (Å²) < 4.78 is 13.1. The second kappa shape index (κ2) is 3.63. The summed E-state index contributed by atoms with van der Waals surface area (Å²) in [5.74, 6) is -2.84. The van der Waals surface area contributed by atoms with Gasteiger partial charge >= 0.3 is 5.97 Å². The third-order valence-electron chi connectivity index (χ3n) is 1.94. The lowest BCUT2D eigenvalue weighted by Gasteiger charge is -2.10. The Morgan fingerprint density at radius 3 is 2.64 bits per heavy atom. The van der Waals surface area contributed by atoms with E-state index < -0.39 is 23.6 Å². The average molecular weight is 199 g/mol. The van der Waals surface area contributed by atoms with Crippen LogP contribution in [0, 0.1) is 12.7 Å². The Hall–Kier alpha value is -1.62. The highest BCUT2D eigenvalue weighted by Gasteiger charge is 2.20. The fraction of sp³-hybridized carbons (Fsp3) is 0.222. The predicted molar refractivity (Wildman–Crippen MR) is 47.4 cm³/mol. The molecular weight excluding hydrogens is 189 g/mol. The lowest BCUT2D eigenvalue weighted by molar-refractivity contribution is -0.138. The first-order valence-electron chi connectivity index (χ1n) is 3.91. The molecule has 0 aromatic heterocycles. The predicted octanol–water partition coefficient (Wildman–Crippen LogP) is 0.924. The number of nitrogens with two attached hydrogens (primary N) is 1. The Morgan fingerprint density at radius 2 is 2.14 bits per heavy atom. The molecule has 76 valence electrons. The van der Waals surface area contributed by atoms with E-state index in [1.807, 2.05) is 0 Å². The van der Waals surface area contributed by atoms with Crippen molar-refractivity contribution in [1.82, 2.24) is 0 Å². The molecule has 1 unspecified atom stereocenters. The van der Waals surface area contributed by atoms with Crippen LogP contribution in [0.15, 0.2) is 12.1 Å². The van der Waals surface area contributed by atoms with Crippen LogP contribution in [-0.2, 0) is 4.79 Å². The van der Waals surface area contributed by atoms with E-state index in [0.717, 1.165) is 0 Å². The Balaban J connectivity index is 3.24. The number of benzene rings is 1. The van der Waals surface area contributed by atoms with Crippen molar-refractivity contribution in [3.05, 3.63) is 29.1 Å². The van der Waals surface area contributed by atoms with Crippen molar-refractivity contribution in [2.75, 3.05) is 0 Å². The maximum absolute atomic E-state index is 13.1. The van der Waals surface area contributed by atoms with Gasteiger partial charge in [-0.2, -0.15) is 0 Å². The normalized spacial score (nSPS) is 12.5. The van der Waals surface area contributed by atoms with Crippen molar-refractivity contribution in [1.29, 1.82) is 0 Å². The van der Waals surface area contributed by atoms with Crippen LogP contribution in [0.25, 0.3) is 0 Å². The van der Waals surface area contributed by atoms with E-state index in [9.17, 15) is 14.3 Å². The van der Waals surface area contributed by atoms with Gasteiger partial charge in [0.25, 0.3) is 0 Å². The van der Waals surface area contributed by atoms with Crippen LogP contribution < -0.4 is 5.73 Å². The largest absolute Gasteiger partial charge is 0.505 e. The van der Waals surface area contributed by atoms with Gasteiger partial charge < -0.3 is 15.9 Å². The summed E-state index contributed by atoms with van der Waals surface area (Å²) >= 11 is 0. The van der Waals surface area contributed by atoms with Gasteiger partial charge in [0.15, 0.2) is 11.6 Å². The number of hydrogen-bond acceptors (Lipinski definition) is 3. The lowest BCUT2D eigenvalue weighted by atomic mass is 10.0. The Kier molecular flexibility index (Phi) is 2.71. The molecule has 1 aromatic rings. The quantitative estimate of drug-likeness (QED) is 0.661. The number of phenols is 1. The summed E-state index contributed by atoms with van der Waals surface area (Å²) in [5, 5.41) is 17.8. The molecule has 0 amide bonds. The summed E-state index contributed by atoms with van der Waals surface area (Å²) in [7, 11) is 0. The van der Waals surface area contributed by atoms with Gasteiger partial charge in [-0.1, -0.05) is 12.1 Å². The molecule has 0 bridgehead atoms. The van der Waals surface area contributed by atoms with Crippen LogP contribution in [0.3, 0.4) is 0 Å². The van der Waals surface area contributed by atoms with E-state index in [4.69, 9.17) is 10.8 Å². The minimum Gasteiger partial charge on any atom is -0.505 e. The van der Waals surface area contributed by atoms with Gasteiger partial charge in [-0.3, -0.25) is 4.79 Å². The second-order valence-corrected chi connectivity index (χ2v) is 2.95. The highest BCUT2D eigenvalue weighted by molar-refractivity contribution is 5.76. The average Bonchev–Trinajstić information content (AvgIpc) is 2.13. The Morgan fingerprint density at radius 1 is 1.57 bits per heavy atom. The van der Waals surface area contributed by atoms with E-state index in [2.05, 4.69) is 0 Å². The summed E-state index contributed by atoms with van der Waals surface area (Å²) in [6.45, 7) is 1.46. The molecule has 0 radical (unpaired) electrons. The SMILES string of the molecule is Cc1ccc(C(N)C(=O)O)c(O)c1F. The number of aliphatic carboxylic acids is 1. The van der Waals surface area contributed by atoms with E-state index in [-0.39, 0.29) is 11.1 Å². The zero-order valence-electron chi connectivity index (χ0n) is 7.49. The minimum atomic E-state index is -1.41. The number of phenolic OH excluding ortho intramolecular Hbond substituents is 1. The third kappa shape index (κ3) is 1.67. The molecule has 1 atom stereocenters. The van der Waals surface area contributed by atoms with Crippen LogP contribution in [0.4, 0.5) is 4.39 Å². The molecule has 14 heavy (non-hydrogen) atoms. The maximum atomic E-state index is 13.1. The highest BCUT2D eigenvalue weighted by Crippen LogP contribution is 2.27. The number of rotatable bonds is 2. The molecule has 0 aliphatic carbocycles. The van der Waals surface area contributed by atoms with Crippen LogP contribution >= 0.6 is 0 Å². The van der Waals surface area contributed by atoms with Gasteiger partial charge in [0.1, 0.15) is 6.04 Å². The van der Waals surface area contributed by atoms with Gasteiger partial charge in [0, 0.05) is 5.56 Å². The Bertz CT molecular complexity index is 379. The summed E-state index contributed by atoms with van der Waals surface area (Å²) in [5.41, 5.74) is 5.35. The number of aromatic hydroxyl groups is 1. The van der Waals surface area contributed by atoms with Crippen LogP contribution in [0.1, 0.15) is 17.2 Å². The van der Waals surface area contributed by atoms with Crippen LogP contribution in [0.2, 0.25) is 0 Å². The summed E-state index contributed by atoms with van der Waals surface area (Å²) in [6, 6.07) is 1.25. The van der Waals surface area contributed by atoms with Gasteiger partial charge in [-0.25, -0.2) is 4.39 Å². The van der Waals surface area contributed by atoms with Crippen LogP contribution in [-0.4, -0.2) is 16.2 Å². The topological polar surface area (TPSA) is 83.6 Å². The fourth-order valence-corrected chi connectivity index (χ4v) is 1.06. The van der Waals surface area contributed by atoms with E-state index in [1.54, 1.807) is 0 Å². The first-order chi connectivity index (χ1) is 6.45.